The van der Waals surface area contributed by atoms with Crippen LogP contribution in [0.2, 0.25) is 0 Å². The Morgan fingerprint density at radius 1 is 1.64 bits per heavy atom. The lowest BCUT2D eigenvalue weighted by Gasteiger charge is -2.19. The van der Waals surface area contributed by atoms with Gasteiger partial charge in [-0.05, 0) is 38.1 Å². The zero-order chi connectivity index (χ0) is 9.80. The minimum atomic E-state index is 0.744. The molecule has 1 unspecified atom stereocenters. The predicted octanol–water partition coefficient (Wildman–Crippen LogP) is 1.20. The van der Waals surface area contributed by atoms with Crippen LogP contribution in [0, 0.1) is 0 Å². The van der Waals surface area contributed by atoms with Crippen molar-refractivity contribution in [3.63, 3.8) is 0 Å². The Balaban J connectivity index is 1.68. The van der Waals surface area contributed by atoms with Gasteiger partial charge in [0.05, 0.1) is 0 Å². The van der Waals surface area contributed by atoms with Gasteiger partial charge in [0.2, 0.25) is 0 Å². The lowest BCUT2D eigenvalue weighted by atomic mass is 10.2. The second-order valence-electron chi connectivity index (χ2n) is 4.13. The predicted molar refractivity (Wildman–Crippen MR) is 58.2 cm³/mol. The van der Waals surface area contributed by atoms with Gasteiger partial charge in [0.1, 0.15) is 0 Å². The maximum atomic E-state index is 3.50. The fraction of sp³-hybridized carbons (Fsp3) is 0.636. The highest BCUT2D eigenvalue weighted by Crippen LogP contribution is 2.13. The van der Waals surface area contributed by atoms with Crippen LogP contribution >= 0.6 is 0 Å². The van der Waals surface area contributed by atoms with Crippen LogP contribution in [0.3, 0.4) is 0 Å². The van der Waals surface area contributed by atoms with E-state index in [1.54, 1.807) is 0 Å². The van der Waals surface area contributed by atoms with Crippen LogP contribution in [0.25, 0.3) is 0 Å². The molecule has 14 heavy (non-hydrogen) atoms. The zero-order valence-electron chi connectivity index (χ0n) is 8.79. The van der Waals surface area contributed by atoms with Crippen molar-refractivity contribution in [3.8, 4) is 0 Å². The molecule has 3 nitrogen and oxygen atoms in total. The van der Waals surface area contributed by atoms with E-state index in [2.05, 4.69) is 28.3 Å². The SMILES string of the molecule is CN1CCCC1CNCc1cc[nH]c1. The van der Waals surface area contributed by atoms with Crippen LogP contribution in [0.5, 0.6) is 0 Å². The Bertz CT molecular complexity index is 256. The number of nitrogens with one attached hydrogen (secondary N) is 2. The molecule has 78 valence electrons. The Labute approximate surface area is 85.5 Å². The van der Waals surface area contributed by atoms with Crippen molar-refractivity contribution in [2.75, 3.05) is 20.1 Å². The van der Waals surface area contributed by atoms with Crippen LogP contribution in [-0.2, 0) is 6.54 Å². The van der Waals surface area contributed by atoms with Crippen LogP contribution in [0.15, 0.2) is 18.5 Å². The number of nitrogens with zero attached hydrogens (tertiary/aromatic N) is 1. The van der Waals surface area contributed by atoms with Gasteiger partial charge in [-0.15, -0.1) is 0 Å². The normalized spacial score (nSPS) is 23.1. The van der Waals surface area contributed by atoms with Crippen molar-refractivity contribution in [3.05, 3.63) is 24.0 Å². The lowest BCUT2D eigenvalue weighted by Crippen LogP contribution is -2.35. The van der Waals surface area contributed by atoms with Crippen molar-refractivity contribution in [1.29, 1.82) is 0 Å². The number of likely N-dealkylation sites (N-methyl/N-ethyl adjacent to an activating group) is 1. The minimum Gasteiger partial charge on any atom is -0.367 e. The van der Waals surface area contributed by atoms with Gasteiger partial charge in [-0.2, -0.15) is 0 Å². The number of aromatic amines is 1. The first kappa shape index (κ1) is 9.74. The molecule has 0 bridgehead atoms. The molecule has 0 saturated carbocycles. The summed E-state index contributed by atoms with van der Waals surface area (Å²) in [4.78, 5) is 5.52. The van der Waals surface area contributed by atoms with Crippen LogP contribution < -0.4 is 5.32 Å². The van der Waals surface area contributed by atoms with E-state index < -0.39 is 0 Å². The summed E-state index contributed by atoms with van der Waals surface area (Å²) < 4.78 is 0. The molecule has 2 rings (SSSR count). The highest BCUT2D eigenvalue weighted by Gasteiger charge is 2.19. The summed E-state index contributed by atoms with van der Waals surface area (Å²) in [6.45, 7) is 3.35. The van der Waals surface area contributed by atoms with Crippen LogP contribution in [0.1, 0.15) is 18.4 Å². The smallest absolute Gasteiger partial charge is 0.0221 e. The number of aromatic nitrogens is 1. The monoisotopic (exact) mass is 193 g/mol. The number of H-pyrrole nitrogens is 1. The van der Waals surface area contributed by atoms with Gasteiger partial charge in [-0.3, -0.25) is 0 Å². The maximum Gasteiger partial charge on any atom is 0.0221 e. The zero-order valence-corrected chi connectivity index (χ0v) is 8.79. The Kier molecular flexibility index (Phi) is 3.22. The number of rotatable bonds is 4. The van der Waals surface area contributed by atoms with E-state index in [-0.39, 0.29) is 0 Å². The van der Waals surface area contributed by atoms with Crippen molar-refractivity contribution in [2.24, 2.45) is 0 Å². The fourth-order valence-corrected chi connectivity index (χ4v) is 2.09. The van der Waals surface area contributed by atoms with E-state index in [1.165, 1.54) is 24.9 Å². The molecule has 1 aliphatic heterocycles. The van der Waals surface area contributed by atoms with Crippen molar-refractivity contribution in [2.45, 2.75) is 25.4 Å². The van der Waals surface area contributed by atoms with E-state index in [9.17, 15) is 0 Å². The highest BCUT2D eigenvalue weighted by molar-refractivity contribution is 5.07. The first-order valence-corrected chi connectivity index (χ1v) is 5.39. The lowest BCUT2D eigenvalue weighted by molar-refractivity contribution is 0.300. The number of hydrogen-bond donors (Lipinski definition) is 2. The summed E-state index contributed by atoms with van der Waals surface area (Å²) >= 11 is 0. The molecule has 1 aliphatic rings. The van der Waals surface area contributed by atoms with Crippen molar-refractivity contribution in [1.82, 2.24) is 15.2 Å². The maximum absolute atomic E-state index is 3.50. The quantitative estimate of drug-likeness (QED) is 0.753. The van der Waals surface area contributed by atoms with Crippen molar-refractivity contribution >= 4 is 0 Å². The van der Waals surface area contributed by atoms with E-state index in [0.717, 1.165) is 19.1 Å². The van der Waals surface area contributed by atoms with Crippen molar-refractivity contribution < 1.29 is 0 Å². The third-order valence-corrected chi connectivity index (χ3v) is 3.04. The molecule has 2 heterocycles. The molecule has 0 aromatic carbocycles. The summed E-state index contributed by atoms with van der Waals surface area (Å²) in [5.41, 5.74) is 1.34. The first-order valence-electron chi connectivity index (χ1n) is 5.39. The topological polar surface area (TPSA) is 31.1 Å². The van der Waals surface area contributed by atoms with E-state index in [0.29, 0.717) is 0 Å². The molecule has 0 spiro atoms. The second-order valence-corrected chi connectivity index (χ2v) is 4.13. The standard InChI is InChI=1S/C11H19N3/c1-14-6-2-3-11(14)9-13-8-10-4-5-12-7-10/h4-5,7,11-13H,2-3,6,8-9H2,1H3. The fourth-order valence-electron chi connectivity index (χ4n) is 2.09. The van der Waals surface area contributed by atoms with E-state index in [1.807, 2.05) is 12.4 Å². The molecule has 1 aromatic rings. The Morgan fingerprint density at radius 2 is 2.57 bits per heavy atom. The summed E-state index contributed by atoms with van der Waals surface area (Å²) in [5, 5.41) is 3.50. The van der Waals surface area contributed by atoms with Gasteiger partial charge in [0.15, 0.2) is 0 Å². The van der Waals surface area contributed by atoms with Crippen LogP contribution in [0.4, 0.5) is 0 Å². The number of likely N-dealkylation sites (tertiary alicyclic amines) is 1. The number of hydrogen-bond acceptors (Lipinski definition) is 2. The third kappa shape index (κ3) is 2.36. The molecule has 0 amide bonds. The summed E-state index contributed by atoms with van der Waals surface area (Å²) in [6, 6.07) is 2.86. The minimum absolute atomic E-state index is 0.744. The largest absolute Gasteiger partial charge is 0.367 e. The Morgan fingerprint density at radius 3 is 3.21 bits per heavy atom. The second kappa shape index (κ2) is 4.62. The van der Waals surface area contributed by atoms with Gasteiger partial charge in [0.25, 0.3) is 0 Å². The molecule has 0 radical (unpaired) electrons. The summed E-state index contributed by atoms with van der Waals surface area (Å²) in [5.74, 6) is 0. The van der Waals surface area contributed by atoms with E-state index in [4.69, 9.17) is 0 Å². The summed E-state index contributed by atoms with van der Waals surface area (Å²) in [7, 11) is 2.22. The van der Waals surface area contributed by atoms with Gasteiger partial charge in [-0.1, -0.05) is 0 Å². The molecule has 1 atom stereocenters. The molecule has 2 N–H and O–H groups in total. The van der Waals surface area contributed by atoms with Crippen LogP contribution in [-0.4, -0.2) is 36.1 Å². The highest BCUT2D eigenvalue weighted by atomic mass is 15.2. The average molecular weight is 193 g/mol. The van der Waals surface area contributed by atoms with E-state index >= 15 is 0 Å². The van der Waals surface area contributed by atoms with Gasteiger partial charge in [-0.25, -0.2) is 0 Å². The summed E-state index contributed by atoms with van der Waals surface area (Å²) in [6.07, 6.45) is 6.72. The third-order valence-electron chi connectivity index (χ3n) is 3.04. The van der Waals surface area contributed by atoms with Gasteiger partial charge in [0, 0.05) is 31.5 Å². The molecule has 1 saturated heterocycles. The van der Waals surface area contributed by atoms with Gasteiger partial charge >= 0.3 is 0 Å². The molecule has 3 heteroatoms. The average Bonchev–Trinajstić information content (AvgIpc) is 2.78. The molecular weight excluding hydrogens is 174 g/mol. The molecular formula is C11H19N3. The first-order chi connectivity index (χ1) is 6.86. The molecule has 1 aromatic heterocycles. The Hall–Kier alpha value is -0.800. The van der Waals surface area contributed by atoms with Gasteiger partial charge < -0.3 is 15.2 Å². The molecule has 0 aliphatic carbocycles. The molecule has 1 fully saturated rings.